The molecule has 4 nitrogen and oxygen atoms in total. The fourth-order valence-corrected chi connectivity index (χ4v) is 8.70. The lowest BCUT2D eigenvalue weighted by Gasteiger charge is -2.28. The average molecular weight is 718 g/mol. The monoisotopic (exact) mass is 717 g/mol. The number of nitrogens with zero attached hydrogens (tertiary/aromatic N) is 1. The zero-order valence-corrected chi connectivity index (χ0v) is 30.1. The fourth-order valence-electron chi connectivity index (χ4n) is 8.70. The van der Waals surface area contributed by atoms with Crippen LogP contribution in [0.3, 0.4) is 0 Å². The molecule has 0 bridgehead atoms. The summed E-state index contributed by atoms with van der Waals surface area (Å²) in [6, 6.07) is 66.2. The molecule has 262 valence electrons. The Balaban J connectivity index is 1.07. The van der Waals surface area contributed by atoms with Gasteiger partial charge in [-0.3, -0.25) is 0 Å². The maximum Gasteiger partial charge on any atom is 0.137 e. The highest BCUT2D eigenvalue weighted by molar-refractivity contribution is 6.15. The van der Waals surface area contributed by atoms with Crippen molar-refractivity contribution in [1.82, 2.24) is 0 Å². The topological polar surface area (TPSA) is 42.7 Å². The van der Waals surface area contributed by atoms with Crippen LogP contribution in [-0.4, -0.2) is 0 Å². The molecule has 4 heteroatoms. The van der Waals surface area contributed by atoms with Crippen LogP contribution >= 0.6 is 0 Å². The lowest BCUT2D eigenvalue weighted by atomic mass is 9.97. The minimum absolute atomic E-state index is 0.847. The van der Waals surface area contributed by atoms with Crippen LogP contribution in [0.1, 0.15) is 0 Å². The van der Waals surface area contributed by atoms with E-state index in [9.17, 15) is 0 Å². The molecular weight excluding hydrogens is 687 g/mol. The molecule has 0 N–H and O–H groups in total. The van der Waals surface area contributed by atoms with Crippen molar-refractivity contribution in [3.63, 3.8) is 0 Å². The van der Waals surface area contributed by atoms with Crippen molar-refractivity contribution < 1.29 is 13.3 Å². The largest absolute Gasteiger partial charge is 0.456 e. The number of furan rings is 3. The molecule has 56 heavy (non-hydrogen) atoms. The predicted octanol–water partition coefficient (Wildman–Crippen LogP) is 15.3. The molecule has 0 radical (unpaired) electrons. The molecule has 9 aromatic carbocycles. The van der Waals surface area contributed by atoms with E-state index in [2.05, 4.69) is 163 Å². The first-order valence-corrected chi connectivity index (χ1v) is 18.9. The molecule has 12 rings (SSSR count). The second kappa shape index (κ2) is 12.0. The Kier molecular flexibility index (Phi) is 6.60. The van der Waals surface area contributed by atoms with Crippen molar-refractivity contribution in [2.24, 2.45) is 0 Å². The Bertz CT molecular complexity index is 3490. The number of rotatable bonds is 5. The van der Waals surface area contributed by atoms with E-state index in [1.165, 1.54) is 10.8 Å². The maximum absolute atomic E-state index is 6.44. The first-order chi connectivity index (χ1) is 27.7. The highest BCUT2D eigenvalue weighted by atomic mass is 16.3. The standard InChI is InChI=1S/C52H31NO3/c1-2-12-34-31-50-42(29-33(34)11-1)41-30-35(25-28-47(41)56-50)37-13-3-6-17-43(37)53(44-18-10-22-49-52(44)40-15-5-8-20-46(40)55-49)36-26-23-32(24-27-36)38-16-9-21-48-51(38)39-14-4-7-19-45(39)54-48/h1-31H. The van der Waals surface area contributed by atoms with Gasteiger partial charge in [-0.05, 0) is 100 Å². The van der Waals surface area contributed by atoms with E-state index >= 15 is 0 Å². The summed E-state index contributed by atoms with van der Waals surface area (Å²) >= 11 is 0. The van der Waals surface area contributed by atoms with Gasteiger partial charge in [0.15, 0.2) is 0 Å². The van der Waals surface area contributed by atoms with Gasteiger partial charge >= 0.3 is 0 Å². The molecule has 0 aliphatic rings. The second-order valence-corrected chi connectivity index (χ2v) is 14.4. The highest BCUT2D eigenvalue weighted by Gasteiger charge is 2.23. The number of hydrogen-bond acceptors (Lipinski definition) is 4. The van der Waals surface area contributed by atoms with Crippen LogP contribution in [0, 0.1) is 0 Å². The molecule has 0 aliphatic heterocycles. The van der Waals surface area contributed by atoms with Gasteiger partial charge in [0.1, 0.15) is 33.5 Å². The van der Waals surface area contributed by atoms with Gasteiger partial charge in [0.2, 0.25) is 0 Å². The summed E-state index contributed by atoms with van der Waals surface area (Å²) in [4.78, 5) is 2.38. The number of hydrogen-bond donors (Lipinski definition) is 0. The Hall–Kier alpha value is -7.56. The molecular formula is C52H31NO3. The third kappa shape index (κ3) is 4.66. The van der Waals surface area contributed by atoms with Gasteiger partial charge in [-0.15, -0.1) is 0 Å². The third-order valence-corrected chi connectivity index (χ3v) is 11.3. The van der Waals surface area contributed by atoms with Crippen LogP contribution in [-0.2, 0) is 0 Å². The number of anilines is 3. The Morgan fingerprint density at radius 1 is 0.304 bits per heavy atom. The predicted molar refractivity (Wildman–Crippen MR) is 231 cm³/mol. The summed E-state index contributed by atoms with van der Waals surface area (Å²) in [6.45, 7) is 0. The fraction of sp³-hybridized carbons (Fsp3) is 0. The van der Waals surface area contributed by atoms with Gasteiger partial charge in [-0.2, -0.15) is 0 Å². The van der Waals surface area contributed by atoms with Gasteiger partial charge in [0.25, 0.3) is 0 Å². The Morgan fingerprint density at radius 2 is 0.839 bits per heavy atom. The summed E-state index contributed by atoms with van der Waals surface area (Å²) in [6.07, 6.45) is 0. The highest BCUT2D eigenvalue weighted by Crippen LogP contribution is 2.47. The van der Waals surface area contributed by atoms with E-state index in [1.54, 1.807) is 0 Å². The summed E-state index contributed by atoms with van der Waals surface area (Å²) < 4.78 is 19.1. The molecule has 0 saturated heterocycles. The van der Waals surface area contributed by atoms with Crippen molar-refractivity contribution in [3.8, 4) is 22.3 Å². The summed E-state index contributed by atoms with van der Waals surface area (Å²) in [5.74, 6) is 0. The molecule has 0 aliphatic carbocycles. The van der Waals surface area contributed by atoms with Gasteiger partial charge in [-0.1, -0.05) is 115 Å². The normalized spacial score (nSPS) is 11.9. The molecule has 0 amide bonds. The van der Waals surface area contributed by atoms with Gasteiger partial charge < -0.3 is 18.2 Å². The van der Waals surface area contributed by atoms with Crippen molar-refractivity contribution in [3.05, 3.63) is 188 Å². The first-order valence-electron chi connectivity index (χ1n) is 18.9. The van der Waals surface area contributed by atoms with Crippen LogP contribution < -0.4 is 4.90 Å². The lowest BCUT2D eigenvalue weighted by molar-refractivity contribution is 0.668. The van der Waals surface area contributed by atoms with Crippen LogP contribution in [0.4, 0.5) is 17.1 Å². The minimum atomic E-state index is 0.847. The molecule has 3 aromatic heterocycles. The Labute approximate surface area is 321 Å². The van der Waals surface area contributed by atoms with Crippen molar-refractivity contribution in [1.29, 1.82) is 0 Å². The summed E-state index contributed by atoms with van der Waals surface area (Å²) in [5.41, 5.74) is 12.9. The van der Waals surface area contributed by atoms with Gasteiger partial charge in [-0.25, -0.2) is 0 Å². The molecule has 0 fully saturated rings. The zero-order chi connectivity index (χ0) is 36.7. The molecule has 12 aromatic rings. The lowest BCUT2D eigenvalue weighted by Crippen LogP contribution is -2.11. The number of benzene rings is 9. The quantitative estimate of drug-likeness (QED) is 0.178. The van der Waals surface area contributed by atoms with E-state index < -0.39 is 0 Å². The molecule has 0 spiro atoms. The zero-order valence-electron chi connectivity index (χ0n) is 30.1. The van der Waals surface area contributed by atoms with Crippen molar-refractivity contribution in [2.45, 2.75) is 0 Å². The minimum Gasteiger partial charge on any atom is -0.456 e. The van der Waals surface area contributed by atoms with Crippen LogP contribution in [0.2, 0.25) is 0 Å². The first kappa shape index (κ1) is 30.9. The SMILES string of the molecule is c1ccc(N(c2ccc(-c3cccc4oc5ccccc5c34)cc2)c2cccc3oc4ccccc4c23)c(-c2ccc3oc4cc5ccccc5cc4c3c2)c1. The van der Waals surface area contributed by atoms with E-state index in [4.69, 9.17) is 13.3 Å². The third-order valence-electron chi connectivity index (χ3n) is 11.3. The molecule has 0 atom stereocenters. The van der Waals surface area contributed by atoms with E-state index in [0.29, 0.717) is 0 Å². The smallest absolute Gasteiger partial charge is 0.137 e. The number of fused-ring (bicyclic) bond motifs is 10. The average Bonchev–Trinajstić information content (AvgIpc) is 3.94. The summed E-state index contributed by atoms with van der Waals surface area (Å²) in [7, 11) is 0. The number of para-hydroxylation sites is 3. The molecule has 0 unspecified atom stereocenters. The van der Waals surface area contributed by atoms with Crippen LogP contribution in [0.5, 0.6) is 0 Å². The van der Waals surface area contributed by atoms with Gasteiger partial charge in [0, 0.05) is 38.2 Å². The second-order valence-electron chi connectivity index (χ2n) is 14.4. The molecule has 0 saturated carbocycles. The molecule has 3 heterocycles. The van der Waals surface area contributed by atoms with Crippen LogP contribution in [0.25, 0.3) is 98.8 Å². The van der Waals surface area contributed by atoms with Gasteiger partial charge in [0.05, 0.1) is 16.8 Å². The van der Waals surface area contributed by atoms with E-state index in [1.807, 2.05) is 30.3 Å². The van der Waals surface area contributed by atoms with Crippen molar-refractivity contribution in [2.75, 3.05) is 4.90 Å². The Morgan fingerprint density at radius 3 is 1.64 bits per heavy atom. The van der Waals surface area contributed by atoms with Crippen LogP contribution in [0.15, 0.2) is 201 Å². The maximum atomic E-state index is 6.44. The van der Waals surface area contributed by atoms with Crippen molar-refractivity contribution >= 4 is 93.7 Å². The van der Waals surface area contributed by atoms with E-state index in [-0.39, 0.29) is 0 Å². The summed E-state index contributed by atoms with van der Waals surface area (Å²) in [5, 5.41) is 8.96. The van der Waals surface area contributed by atoms with E-state index in [0.717, 1.165) is 105 Å².